The number of nitrogen functional groups attached to an aromatic ring is 1. The van der Waals surface area contributed by atoms with E-state index < -0.39 is 11.7 Å². The number of benzene rings is 1. The molecular weight excluding hydrogens is 263 g/mol. The van der Waals surface area contributed by atoms with Crippen molar-refractivity contribution >= 4 is 5.91 Å². The number of hydrazine groups is 1. The zero-order valence-electron chi connectivity index (χ0n) is 11.2. The Labute approximate surface area is 115 Å². The lowest BCUT2D eigenvalue weighted by molar-refractivity contribution is 0.0924. The molecule has 0 fully saturated rings. The van der Waals surface area contributed by atoms with Crippen molar-refractivity contribution in [2.24, 2.45) is 5.84 Å². The van der Waals surface area contributed by atoms with Crippen molar-refractivity contribution in [2.75, 3.05) is 0 Å². The van der Waals surface area contributed by atoms with Crippen LogP contribution in [0.15, 0.2) is 28.7 Å². The molecule has 0 aliphatic rings. The zero-order valence-corrected chi connectivity index (χ0v) is 11.2. The molecule has 0 aliphatic carbocycles. The third-order valence-corrected chi connectivity index (χ3v) is 2.85. The summed E-state index contributed by atoms with van der Waals surface area (Å²) in [4.78, 5) is 11.3. The van der Waals surface area contributed by atoms with Gasteiger partial charge in [-0.1, -0.05) is 6.07 Å². The first-order chi connectivity index (χ1) is 9.51. The lowest BCUT2D eigenvalue weighted by atomic mass is 10.2. The van der Waals surface area contributed by atoms with Gasteiger partial charge in [-0.2, -0.15) is 0 Å². The highest BCUT2D eigenvalue weighted by Gasteiger charge is 2.14. The number of nitrogens with two attached hydrogens (primary N) is 1. The van der Waals surface area contributed by atoms with E-state index in [0.717, 1.165) is 5.56 Å². The fourth-order valence-electron chi connectivity index (χ4n) is 1.72. The van der Waals surface area contributed by atoms with Crippen molar-refractivity contribution in [2.45, 2.75) is 20.5 Å². The Bertz CT molecular complexity index is 637. The molecule has 20 heavy (non-hydrogen) atoms. The monoisotopic (exact) mass is 278 g/mol. The molecule has 0 saturated carbocycles. The van der Waals surface area contributed by atoms with Gasteiger partial charge in [-0.15, -0.1) is 0 Å². The fourth-order valence-corrected chi connectivity index (χ4v) is 1.72. The van der Waals surface area contributed by atoms with Crippen LogP contribution in [0.4, 0.5) is 4.39 Å². The number of carbonyl (C=O) groups excluding carboxylic acids is 1. The highest BCUT2D eigenvalue weighted by molar-refractivity contribution is 5.91. The van der Waals surface area contributed by atoms with Gasteiger partial charge in [-0.25, -0.2) is 10.2 Å². The van der Waals surface area contributed by atoms with Crippen LogP contribution in [0.2, 0.25) is 0 Å². The summed E-state index contributed by atoms with van der Waals surface area (Å²) < 4.78 is 24.2. The summed E-state index contributed by atoms with van der Waals surface area (Å²) in [7, 11) is 0. The molecule has 1 aromatic carbocycles. The van der Waals surface area contributed by atoms with Crippen LogP contribution in [-0.4, -0.2) is 5.91 Å². The third kappa shape index (κ3) is 2.97. The van der Waals surface area contributed by atoms with Gasteiger partial charge in [-0.05, 0) is 37.6 Å². The molecule has 5 nitrogen and oxygen atoms in total. The quantitative estimate of drug-likeness (QED) is 0.510. The Morgan fingerprint density at radius 3 is 2.85 bits per heavy atom. The van der Waals surface area contributed by atoms with Gasteiger partial charge in [0, 0.05) is 5.56 Å². The molecule has 0 radical (unpaired) electrons. The highest BCUT2D eigenvalue weighted by atomic mass is 19.1. The molecule has 6 heteroatoms. The molecule has 0 saturated heterocycles. The maximum Gasteiger partial charge on any atom is 0.300 e. The van der Waals surface area contributed by atoms with Crippen LogP contribution in [0.5, 0.6) is 5.75 Å². The van der Waals surface area contributed by atoms with E-state index in [1.807, 2.05) is 12.3 Å². The summed E-state index contributed by atoms with van der Waals surface area (Å²) in [5.74, 6) is 4.84. The van der Waals surface area contributed by atoms with Gasteiger partial charge in [0.05, 0.1) is 0 Å². The van der Waals surface area contributed by atoms with E-state index >= 15 is 0 Å². The number of ether oxygens (including phenoxy) is 1. The molecule has 3 N–H and O–H groups in total. The summed E-state index contributed by atoms with van der Waals surface area (Å²) in [5, 5.41) is 0. The number of rotatable bonds is 4. The van der Waals surface area contributed by atoms with E-state index in [2.05, 4.69) is 0 Å². The lowest BCUT2D eigenvalue weighted by Crippen LogP contribution is -2.29. The largest absolute Gasteiger partial charge is 0.486 e. The van der Waals surface area contributed by atoms with Gasteiger partial charge in [0.15, 0.2) is 17.3 Å². The van der Waals surface area contributed by atoms with Gasteiger partial charge in [0.25, 0.3) is 0 Å². The Hall–Kier alpha value is -2.34. The second-order valence-corrected chi connectivity index (χ2v) is 4.39. The molecule has 0 atom stereocenters. The predicted molar refractivity (Wildman–Crippen MR) is 70.6 cm³/mol. The van der Waals surface area contributed by atoms with Gasteiger partial charge < -0.3 is 9.15 Å². The first-order valence-corrected chi connectivity index (χ1v) is 6.00. The van der Waals surface area contributed by atoms with E-state index in [1.54, 1.807) is 19.1 Å². The van der Waals surface area contributed by atoms with Crippen LogP contribution in [0, 0.1) is 19.7 Å². The molecule has 1 aromatic heterocycles. The van der Waals surface area contributed by atoms with E-state index in [1.165, 1.54) is 12.1 Å². The van der Waals surface area contributed by atoms with Crippen LogP contribution >= 0.6 is 0 Å². The predicted octanol–water partition coefficient (Wildman–Crippen LogP) is 2.22. The summed E-state index contributed by atoms with van der Waals surface area (Å²) in [6.45, 7) is 3.64. The van der Waals surface area contributed by atoms with Crippen LogP contribution in [0.25, 0.3) is 0 Å². The van der Waals surface area contributed by atoms with Crippen LogP contribution in [-0.2, 0) is 6.61 Å². The van der Waals surface area contributed by atoms with Crippen molar-refractivity contribution in [1.82, 2.24) is 5.43 Å². The molecule has 0 unspecified atom stereocenters. The minimum atomic E-state index is -0.527. The van der Waals surface area contributed by atoms with Crippen molar-refractivity contribution in [3.8, 4) is 5.75 Å². The lowest BCUT2D eigenvalue weighted by Gasteiger charge is -2.07. The number of hydrogen-bond acceptors (Lipinski definition) is 4. The van der Waals surface area contributed by atoms with E-state index in [4.69, 9.17) is 15.0 Å². The summed E-state index contributed by atoms with van der Waals surface area (Å²) >= 11 is 0. The van der Waals surface area contributed by atoms with Crippen LogP contribution in [0.1, 0.15) is 27.4 Å². The molecule has 1 amide bonds. The van der Waals surface area contributed by atoms with Crippen molar-refractivity contribution in [3.05, 3.63) is 52.7 Å². The number of amides is 1. The second-order valence-electron chi connectivity index (χ2n) is 4.39. The van der Waals surface area contributed by atoms with E-state index in [-0.39, 0.29) is 18.1 Å². The first kappa shape index (κ1) is 14.1. The molecule has 0 bridgehead atoms. The van der Waals surface area contributed by atoms with Gasteiger partial charge in [0.1, 0.15) is 12.4 Å². The minimum Gasteiger partial charge on any atom is -0.486 e. The fraction of sp³-hybridized carbons (Fsp3) is 0.214. The number of halogens is 1. The van der Waals surface area contributed by atoms with Crippen molar-refractivity contribution in [3.63, 3.8) is 0 Å². The number of nitrogens with one attached hydrogen (secondary N) is 1. The summed E-state index contributed by atoms with van der Waals surface area (Å²) in [6, 6.07) is 6.14. The Morgan fingerprint density at radius 1 is 1.40 bits per heavy atom. The van der Waals surface area contributed by atoms with Gasteiger partial charge >= 0.3 is 5.91 Å². The average molecular weight is 278 g/mol. The van der Waals surface area contributed by atoms with Crippen LogP contribution < -0.4 is 16.0 Å². The van der Waals surface area contributed by atoms with Gasteiger partial charge in [0.2, 0.25) is 0 Å². The summed E-state index contributed by atoms with van der Waals surface area (Å²) in [5.41, 5.74) is 3.53. The van der Waals surface area contributed by atoms with E-state index in [9.17, 15) is 9.18 Å². The number of furan rings is 1. The van der Waals surface area contributed by atoms with Gasteiger partial charge in [-0.3, -0.25) is 10.2 Å². The van der Waals surface area contributed by atoms with Crippen molar-refractivity contribution in [1.29, 1.82) is 0 Å². The smallest absolute Gasteiger partial charge is 0.300 e. The first-order valence-electron chi connectivity index (χ1n) is 6.00. The molecule has 2 aromatic rings. The minimum absolute atomic E-state index is 0.0910. The number of hydrogen-bond donors (Lipinski definition) is 2. The SMILES string of the molecule is Cc1ccc(F)c(OCc2cc(C(=O)NN)oc2C)c1. The van der Waals surface area contributed by atoms with Crippen molar-refractivity contribution < 1.29 is 18.3 Å². The Balaban J connectivity index is 2.13. The average Bonchev–Trinajstić information content (AvgIpc) is 2.80. The molecule has 1 heterocycles. The normalized spacial score (nSPS) is 10.4. The third-order valence-electron chi connectivity index (χ3n) is 2.85. The molecular formula is C14H15FN2O3. The Morgan fingerprint density at radius 2 is 2.15 bits per heavy atom. The highest BCUT2D eigenvalue weighted by Crippen LogP contribution is 2.21. The molecule has 106 valence electrons. The summed E-state index contributed by atoms with van der Waals surface area (Å²) in [6.07, 6.45) is 0. The maximum absolute atomic E-state index is 13.5. The zero-order chi connectivity index (χ0) is 14.7. The molecule has 0 spiro atoms. The molecule has 0 aliphatic heterocycles. The topological polar surface area (TPSA) is 77.5 Å². The second kappa shape index (κ2) is 5.75. The number of aryl methyl sites for hydroxylation is 2. The maximum atomic E-state index is 13.5. The standard InChI is InChI=1S/C14H15FN2O3/c1-8-3-4-11(15)12(5-8)19-7-10-6-13(14(18)17-16)20-9(10)2/h3-6H,7,16H2,1-2H3,(H,17,18). The van der Waals surface area contributed by atoms with Crippen LogP contribution in [0.3, 0.4) is 0 Å². The molecule has 2 rings (SSSR count). The number of carbonyl (C=O) groups is 1. The van der Waals surface area contributed by atoms with E-state index in [0.29, 0.717) is 11.3 Å². The Kier molecular flexibility index (Phi) is 4.05.